The topological polar surface area (TPSA) is 102 Å². The second kappa shape index (κ2) is 7.57. The van der Waals surface area contributed by atoms with Crippen molar-refractivity contribution in [3.8, 4) is 0 Å². The normalized spacial score (nSPS) is 24.9. The average molecular weight is 399 g/mol. The van der Waals surface area contributed by atoms with Gasteiger partial charge in [0, 0.05) is 44.3 Å². The van der Waals surface area contributed by atoms with Gasteiger partial charge in [-0.25, -0.2) is 0 Å². The zero-order valence-electron chi connectivity index (χ0n) is 16.6. The molecule has 29 heavy (non-hydrogen) atoms. The SMILES string of the molecule is CN(C)C[C@H]1CN(c2ccc3c(c2)C(=O)N(C2CCC(=O)NC2=O)C3=O)CCN1. The van der Waals surface area contributed by atoms with Crippen molar-refractivity contribution in [2.45, 2.75) is 24.9 Å². The number of piperidine rings is 1. The molecule has 1 aromatic rings. The van der Waals surface area contributed by atoms with E-state index >= 15 is 0 Å². The van der Waals surface area contributed by atoms with Gasteiger partial charge in [0.2, 0.25) is 11.8 Å². The van der Waals surface area contributed by atoms with Crippen LogP contribution in [0.3, 0.4) is 0 Å². The van der Waals surface area contributed by atoms with Crippen LogP contribution < -0.4 is 15.5 Å². The fourth-order valence-corrected chi connectivity index (χ4v) is 4.28. The third-order valence-corrected chi connectivity index (χ3v) is 5.63. The molecule has 2 N–H and O–H groups in total. The van der Waals surface area contributed by atoms with E-state index in [1.807, 2.05) is 20.2 Å². The molecule has 3 aliphatic heterocycles. The largest absolute Gasteiger partial charge is 0.369 e. The van der Waals surface area contributed by atoms with Crippen LogP contribution in [0.4, 0.5) is 5.69 Å². The molecule has 0 saturated carbocycles. The van der Waals surface area contributed by atoms with Gasteiger partial charge in [-0.05, 0) is 38.7 Å². The Bertz CT molecular complexity index is 884. The van der Waals surface area contributed by atoms with Crippen LogP contribution in [0, 0.1) is 0 Å². The maximum atomic E-state index is 13.0. The lowest BCUT2D eigenvalue weighted by Crippen LogP contribution is -2.54. The monoisotopic (exact) mass is 399 g/mol. The summed E-state index contributed by atoms with van der Waals surface area (Å²) in [6.45, 7) is 3.35. The Labute approximate surface area is 169 Å². The molecular formula is C20H25N5O4. The molecule has 3 aliphatic rings. The highest BCUT2D eigenvalue weighted by molar-refractivity contribution is 6.23. The van der Waals surface area contributed by atoms with Crippen LogP contribution in [-0.4, -0.2) is 85.8 Å². The summed E-state index contributed by atoms with van der Waals surface area (Å²) in [7, 11) is 4.06. The summed E-state index contributed by atoms with van der Waals surface area (Å²) < 4.78 is 0. The molecule has 4 rings (SSSR count). The molecule has 154 valence electrons. The lowest BCUT2D eigenvalue weighted by Gasteiger charge is -2.36. The second-order valence-corrected chi connectivity index (χ2v) is 8.04. The lowest BCUT2D eigenvalue weighted by molar-refractivity contribution is -0.136. The molecule has 4 amide bonds. The minimum Gasteiger partial charge on any atom is -0.369 e. The van der Waals surface area contributed by atoms with Crippen LogP contribution in [-0.2, 0) is 9.59 Å². The first-order valence-electron chi connectivity index (χ1n) is 9.84. The molecule has 2 fully saturated rings. The number of imide groups is 2. The molecule has 1 unspecified atom stereocenters. The number of fused-ring (bicyclic) bond motifs is 1. The van der Waals surface area contributed by atoms with E-state index in [1.54, 1.807) is 12.1 Å². The van der Waals surface area contributed by atoms with E-state index in [4.69, 9.17) is 0 Å². The van der Waals surface area contributed by atoms with E-state index in [9.17, 15) is 19.2 Å². The summed E-state index contributed by atoms with van der Waals surface area (Å²) in [5.41, 5.74) is 1.52. The van der Waals surface area contributed by atoms with Crippen LogP contribution in [0.1, 0.15) is 33.6 Å². The highest BCUT2D eigenvalue weighted by atomic mass is 16.2. The molecule has 0 radical (unpaired) electrons. The first-order chi connectivity index (χ1) is 13.8. The van der Waals surface area contributed by atoms with Gasteiger partial charge in [-0.15, -0.1) is 0 Å². The third kappa shape index (κ3) is 3.63. The number of rotatable bonds is 4. The summed E-state index contributed by atoms with van der Waals surface area (Å²) in [6.07, 6.45) is 0.274. The van der Waals surface area contributed by atoms with Crippen molar-refractivity contribution in [3.05, 3.63) is 29.3 Å². The molecular weight excluding hydrogens is 374 g/mol. The zero-order chi connectivity index (χ0) is 20.7. The number of carbonyl (C=O) groups excluding carboxylic acids is 4. The summed E-state index contributed by atoms with van der Waals surface area (Å²) in [5, 5.41) is 5.71. The number of piperazine rings is 1. The van der Waals surface area contributed by atoms with Crippen LogP contribution in [0.15, 0.2) is 18.2 Å². The van der Waals surface area contributed by atoms with Crippen molar-refractivity contribution in [1.29, 1.82) is 0 Å². The molecule has 2 saturated heterocycles. The Morgan fingerprint density at radius 3 is 2.59 bits per heavy atom. The third-order valence-electron chi connectivity index (χ3n) is 5.63. The Kier molecular flexibility index (Phi) is 5.10. The quantitative estimate of drug-likeness (QED) is 0.654. The number of amides is 4. The Morgan fingerprint density at radius 1 is 1.10 bits per heavy atom. The standard InChI is InChI=1S/C20H25N5O4/c1-23(2)10-12-11-24(8-7-21-12)13-3-4-14-15(9-13)20(29)25(19(14)28)16-5-6-17(26)22-18(16)27/h3-4,9,12,16,21H,5-8,10-11H2,1-2H3,(H,22,26,27)/t12-,16?/m0/s1. The highest BCUT2D eigenvalue weighted by Crippen LogP contribution is 2.31. The van der Waals surface area contributed by atoms with Gasteiger partial charge in [-0.3, -0.25) is 29.4 Å². The zero-order valence-corrected chi connectivity index (χ0v) is 16.6. The van der Waals surface area contributed by atoms with E-state index in [-0.39, 0.29) is 18.7 Å². The van der Waals surface area contributed by atoms with Crippen LogP contribution in [0.25, 0.3) is 0 Å². The smallest absolute Gasteiger partial charge is 0.262 e. The van der Waals surface area contributed by atoms with Crippen LogP contribution >= 0.6 is 0 Å². The summed E-state index contributed by atoms with van der Waals surface area (Å²) >= 11 is 0. The van der Waals surface area contributed by atoms with Crippen molar-refractivity contribution >= 4 is 29.3 Å². The molecule has 0 spiro atoms. The molecule has 3 heterocycles. The number of nitrogens with one attached hydrogen (secondary N) is 2. The van der Waals surface area contributed by atoms with Crippen molar-refractivity contribution < 1.29 is 19.2 Å². The van der Waals surface area contributed by atoms with Gasteiger partial charge < -0.3 is 15.1 Å². The van der Waals surface area contributed by atoms with E-state index in [1.165, 1.54) is 0 Å². The van der Waals surface area contributed by atoms with Crippen molar-refractivity contribution in [1.82, 2.24) is 20.4 Å². The van der Waals surface area contributed by atoms with Gasteiger partial charge in [0.15, 0.2) is 0 Å². The van der Waals surface area contributed by atoms with Gasteiger partial charge >= 0.3 is 0 Å². The number of likely N-dealkylation sites (N-methyl/N-ethyl adjacent to an activating group) is 1. The molecule has 2 atom stereocenters. The first kappa shape index (κ1) is 19.5. The maximum Gasteiger partial charge on any atom is 0.262 e. The number of benzene rings is 1. The van der Waals surface area contributed by atoms with E-state index in [0.717, 1.165) is 36.8 Å². The first-order valence-corrected chi connectivity index (χ1v) is 9.84. The molecule has 0 bridgehead atoms. The van der Waals surface area contributed by atoms with E-state index < -0.39 is 23.8 Å². The van der Waals surface area contributed by atoms with Gasteiger partial charge in [0.25, 0.3) is 11.8 Å². The predicted molar refractivity (Wildman–Crippen MR) is 106 cm³/mol. The fraction of sp³-hybridized carbons (Fsp3) is 0.500. The highest BCUT2D eigenvalue weighted by Gasteiger charge is 2.44. The van der Waals surface area contributed by atoms with E-state index in [2.05, 4.69) is 20.4 Å². The van der Waals surface area contributed by atoms with Crippen molar-refractivity contribution in [2.75, 3.05) is 45.2 Å². The average Bonchev–Trinajstić information content (AvgIpc) is 2.92. The number of carbonyl (C=O) groups is 4. The van der Waals surface area contributed by atoms with Crippen molar-refractivity contribution in [3.63, 3.8) is 0 Å². The summed E-state index contributed by atoms with van der Waals surface area (Å²) in [4.78, 5) is 54.7. The Balaban J connectivity index is 1.56. The van der Waals surface area contributed by atoms with Gasteiger partial charge in [-0.2, -0.15) is 0 Å². The number of hydrogen-bond acceptors (Lipinski definition) is 7. The van der Waals surface area contributed by atoms with Gasteiger partial charge in [-0.1, -0.05) is 0 Å². The Hall–Kier alpha value is -2.78. The van der Waals surface area contributed by atoms with Gasteiger partial charge in [0.1, 0.15) is 6.04 Å². The molecule has 0 aromatic heterocycles. The fourth-order valence-electron chi connectivity index (χ4n) is 4.28. The minimum atomic E-state index is -0.938. The molecule has 1 aromatic carbocycles. The lowest BCUT2D eigenvalue weighted by atomic mass is 10.0. The van der Waals surface area contributed by atoms with Gasteiger partial charge in [0.05, 0.1) is 11.1 Å². The number of nitrogens with zero attached hydrogens (tertiary/aromatic N) is 3. The minimum absolute atomic E-state index is 0.114. The van der Waals surface area contributed by atoms with Crippen LogP contribution in [0.5, 0.6) is 0 Å². The molecule has 0 aliphatic carbocycles. The molecule has 9 heteroatoms. The molecule has 9 nitrogen and oxygen atoms in total. The second-order valence-electron chi connectivity index (χ2n) is 8.04. The maximum absolute atomic E-state index is 13.0. The van der Waals surface area contributed by atoms with Crippen molar-refractivity contribution in [2.24, 2.45) is 0 Å². The summed E-state index contributed by atoms with van der Waals surface area (Å²) in [5.74, 6) is -1.92. The summed E-state index contributed by atoms with van der Waals surface area (Å²) in [6, 6.07) is 4.64. The van der Waals surface area contributed by atoms with E-state index in [0.29, 0.717) is 17.2 Å². The number of hydrogen-bond donors (Lipinski definition) is 2. The Morgan fingerprint density at radius 2 is 1.86 bits per heavy atom. The van der Waals surface area contributed by atoms with Crippen LogP contribution in [0.2, 0.25) is 0 Å². The predicted octanol–water partition coefficient (Wildman–Crippen LogP) is -0.572. The number of anilines is 1.